The van der Waals surface area contributed by atoms with Crippen molar-refractivity contribution in [2.75, 3.05) is 19.0 Å². The third kappa shape index (κ3) is 4.86. The number of nitrogens with zero attached hydrogens (tertiary/aromatic N) is 1. The summed E-state index contributed by atoms with van der Waals surface area (Å²) in [5, 5.41) is 3.37. The van der Waals surface area contributed by atoms with Gasteiger partial charge in [-0.15, -0.1) is 0 Å². The maximum atomic E-state index is 12.6. The van der Waals surface area contributed by atoms with Crippen molar-refractivity contribution in [2.24, 2.45) is 5.92 Å². The van der Waals surface area contributed by atoms with Crippen LogP contribution in [-0.2, 0) is 0 Å². The molecule has 0 aliphatic carbocycles. The molecule has 1 amide bonds. The molecule has 6 nitrogen and oxygen atoms in total. The SMILES string of the molecule is COc1ccc(-c2nc3cc(NC(=O)c4ccc(OCC(C)C)cc4)ccc3o2)cc1Cl. The number of methoxy groups -OCH3 is 1. The summed E-state index contributed by atoms with van der Waals surface area (Å²) in [5.74, 6) is 1.98. The fourth-order valence-electron chi connectivity index (χ4n) is 3.10. The molecular weight excluding hydrogens is 428 g/mol. The maximum absolute atomic E-state index is 12.6. The summed E-state index contributed by atoms with van der Waals surface area (Å²) in [6.07, 6.45) is 0. The fourth-order valence-corrected chi connectivity index (χ4v) is 3.35. The molecule has 4 rings (SSSR count). The number of hydrogen-bond acceptors (Lipinski definition) is 5. The normalized spacial score (nSPS) is 11.0. The third-order valence-electron chi connectivity index (χ3n) is 4.74. The first-order chi connectivity index (χ1) is 15.4. The van der Waals surface area contributed by atoms with E-state index >= 15 is 0 Å². The minimum absolute atomic E-state index is 0.217. The van der Waals surface area contributed by atoms with Crippen molar-refractivity contribution in [3.05, 3.63) is 71.2 Å². The van der Waals surface area contributed by atoms with Gasteiger partial charge in [-0.3, -0.25) is 4.79 Å². The number of amides is 1. The molecule has 164 valence electrons. The number of benzene rings is 3. The minimum Gasteiger partial charge on any atom is -0.495 e. The topological polar surface area (TPSA) is 73.6 Å². The van der Waals surface area contributed by atoms with Gasteiger partial charge in [-0.1, -0.05) is 25.4 Å². The zero-order valence-corrected chi connectivity index (χ0v) is 18.8. The molecule has 1 aromatic heterocycles. The van der Waals surface area contributed by atoms with Crippen LogP contribution in [0, 0.1) is 5.92 Å². The first-order valence-electron chi connectivity index (χ1n) is 10.2. The molecule has 0 atom stereocenters. The number of rotatable bonds is 7. The molecule has 0 aliphatic heterocycles. The molecule has 32 heavy (non-hydrogen) atoms. The van der Waals surface area contributed by atoms with Crippen LogP contribution in [0.4, 0.5) is 5.69 Å². The highest BCUT2D eigenvalue weighted by molar-refractivity contribution is 6.32. The van der Waals surface area contributed by atoms with Gasteiger partial charge in [0.1, 0.15) is 17.0 Å². The number of ether oxygens (including phenoxy) is 2. The summed E-state index contributed by atoms with van der Waals surface area (Å²) in [5.41, 5.74) is 3.13. The number of halogens is 1. The Bertz CT molecular complexity index is 1250. The number of carbonyl (C=O) groups is 1. The highest BCUT2D eigenvalue weighted by atomic mass is 35.5. The molecular formula is C25H23ClN2O4. The van der Waals surface area contributed by atoms with Gasteiger partial charge in [0.05, 0.1) is 18.7 Å². The number of hydrogen-bond donors (Lipinski definition) is 1. The summed E-state index contributed by atoms with van der Waals surface area (Å²) in [6.45, 7) is 4.80. The van der Waals surface area contributed by atoms with Gasteiger partial charge in [0.15, 0.2) is 5.58 Å². The summed E-state index contributed by atoms with van der Waals surface area (Å²) < 4.78 is 16.7. The van der Waals surface area contributed by atoms with Gasteiger partial charge in [-0.05, 0) is 66.6 Å². The van der Waals surface area contributed by atoms with Gasteiger partial charge >= 0.3 is 0 Å². The van der Waals surface area contributed by atoms with Crippen LogP contribution in [0.25, 0.3) is 22.6 Å². The second-order valence-electron chi connectivity index (χ2n) is 7.73. The molecule has 1 N–H and O–H groups in total. The standard InChI is InChI=1S/C25H23ClN2O4/c1-15(2)14-31-19-8-4-16(5-9-19)24(29)27-18-7-11-23-21(13-18)28-25(32-23)17-6-10-22(30-3)20(26)12-17/h4-13,15H,14H2,1-3H3,(H,27,29). The van der Waals surface area contributed by atoms with Gasteiger partial charge in [-0.25, -0.2) is 4.98 Å². The van der Waals surface area contributed by atoms with Crippen LogP contribution in [0.15, 0.2) is 65.1 Å². The zero-order valence-electron chi connectivity index (χ0n) is 18.0. The molecule has 0 aliphatic rings. The lowest BCUT2D eigenvalue weighted by atomic mass is 10.2. The van der Waals surface area contributed by atoms with Crippen molar-refractivity contribution >= 4 is 34.3 Å². The lowest BCUT2D eigenvalue weighted by Gasteiger charge is -2.09. The van der Waals surface area contributed by atoms with Crippen molar-refractivity contribution in [3.63, 3.8) is 0 Å². The predicted molar refractivity (Wildman–Crippen MR) is 126 cm³/mol. The van der Waals surface area contributed by atoms with E-state index in [1.165, 1.54) is 0 Å². The van der Waals surface area contributed by atoms with E-state index in [0.717, 1.165) is 11.3 Å². The van der Waals surface area contributed by atoms with E-state index < -0.39 is 0 Å². The maximum Gasteiger partial charge on any atom is 0.255 e. The lowest BCUT2D eigenvalue weighted by molar-refractivity contribution is 0.102. The number of carbonyl (C=O) groups excluding carboxylic acids is 1. The third-order valence-corrected chi connectivity index (χ3v) is 5.04. The molecule has 0 spiro atoms. The second kappa shape index (κ2) is 9.32. The van der Waals surface area contributed by atoms with Gasteiger partial charge in [0.25, 0.3) is 5.91 Å². The van der Waals surface area contributed by atoms with Crippen LogP contribution >= 0.6 is 11.6 Å². The lowest BCUT2D eigenvalue weighted by Crippen LogP contribution is -2.12. The molecule has 0 saturated carbocycles. The van der Waals surface area contributed by atoms with E-state index in [4.69, 9.17) is 25.5 Å². The Morgan fingerprint density at radius 3 is 2.56 bits per heavy atom. The Morgan fingerprint density at radius 2 is 1.88 bits per heavy atom. The molecule has 1 heterocycles. The van der Waals surface area contributed by atoms with Crippen LogP contribution in [0.3, 0.4) is 0 Å². The van der Waals surface area contributed by atoms with E-state index in [2.05, 4.69) is 24.1 Å². The Balaban J connectivity index is 1.49. The minimum atomic E-state index is -0.217. The Morgan fingerprint density at radius 1 is 1.09 bits per heavy atom. The van der Waals surface area contributed by atoms with Crippen molar-refractivity contribution < 1.29 is 18.7 Å². The average molecular weight is 451 g/mol. The zero-order chi connectivity index (χ0) is 22.7. The van der Waals surface area contributed by atoms with Crippen molar-refractivity contribution in [3.8, 4) is 23.0 Å². The van der Waals surface area contributed by atoms with E-state index in [1.807, 2.05) is 6.07 Å². The Kier molecular flexibility index (Phi) is 6.32. The number of anilines is 1. The number of fused-ring (bicyclic) bond motifs is 1. The Labute approximate surface area is 191 Å². The van der Waals surface area contributed by atoms with Crippen LogP contribution in [0.5, 0.6) is 11.5 Å². The van der Waals surface area contributed by atoms with Crippen molar-refractivity contribution in [2.45, 2.75) is 13.8 Å². The molecule has 0 bridgehead atoms. The van der Waals surface area contributed by atoms with Crippen molar-refractivity contribution in [1.82, 2.24) is 4.98 Å². The van der Waals surface area contributed by atoms with Gasteiger partial charge in [0, 0.05) is 16.8 Å². The van der Waals surface area contributed by atoms with E-state index in [1.54, 1.807) is 61.7 Å². The van der Waals surface area contributed by atoms with Gasteiger partial charge in [0.2, 0.25) is 5.89 Å². The average Bonchev–Trinajstić information content (AvgIpc) is 3.21. The number of nitrogens with one attached hydrogen (secondary N) is 1. The molecule has 4 aromatic rings. The van der Waals surface area contributed by atoms with Crippen molar-refractivity contribution in [1.29, 1.82) is 0 Å². The first kappa shape index (κ1) is 21.7. The largest absolute Gasteiger partial charge is 0.495 e. The molecule has 3 aromatic carbocycles. The van der Waals surface area contributed by atoms with Crippen LogP contribution in [0.2, 0.25) is 5.02 Å². The quantitative estimate of drug-likeness (QED) is 0.350. The van der Waals surface area contributed by atoms with Gasteiger partial charge in [-0.2, -0.15) is 0 Å². The highest BCUT2D eigenvalue weighted by Crippen LogP contribution is 2.32. The predicted octanol–water partition coefficient (Wildman–Crippen LogP) is 6.44. The monoisotopic (exact) mass is 450 g/mol. The first-order valence-corrected chi connectivity index (χ1v) is 10.6. The molecule has 0 fully saturated rings. The van der Waals surface area contributed by atoms with E-state index in [9.17, 15) is 4.79 Å². The Hall–Kier alpha value is -3.51. The fraction of sp³-hybridized carbons (Fsp3) is 0.200. The van der Waals surface area contributed by atoms with Crippen LogP contribution in [0.1, 0.15) is 24.2 Å². The van der Waals surface area contributed by atoms with Crippen LogP contribution < -0.4 is 14.8 Å². The van der Waals surface area contributed by atoms with Gasteiger partial charge < -0.3 is 19.2 Å². The van der Waals surface area contributed by atoms with E-state index in [0.29, 0.717) is 51.5 Å². The molecule has 0 saturated heterocycles. The summed E-state index contributed by atoms with van der Waals surface area (Å²) in [4.78, 5) is 17.2. The summed E-state index contributed by atoms with van der Waals surface area (Å²) >= 11 is 6.21. The number of oxazole rings is 1. The molecule has 7 heteroatoms. The number of aromatic nitrogens is 1. The van der Waals surface area contributed by atoms with Crippen LogP contribution in [-0.4, -0.2) is 24.6 Å². The highest BCUT2D eigenvalue weighted by Gasteiger charge is 2.13. The molecule has 0 unspecified atom stereocenters. The van der Waals surface area contributed by atoms with E-state index in [-0.39, 0.29) is 5.91 Å². The smallest absolute Gasteiger partial charge is 0.255 e. The summed E-state index contributed by atoms with van der Waals surface area (Å²) in [7, 11) is 1.56. The molecule has 0 radical (unpaired) electrons. The second-order valence-corrected chi connectivity index (χ2v) is 8.14. The summed E-state index contributed by atoms with van der Waals surface area (Å²) in [6, 6.07) is 17.7.